The molecule has 0 fully saturated rings. The summed E-state index contributed by atoms with van der Waals surface area (Å²) in [5.41, 5.74) is 0.499. The average Bonchev–Trinajstić information content (AvgIpc) is 2.82. The zero-order valence-electron chi connectivity index (χ0n) is 8.71. The van der Waals surface area contributed by atoms with Crippen molar-refractivity contribution >= 4 is 17.3 Å². The van der Waals surface area contributed by atoms with Gasteiger partial charge in [-0.05, 0) is 13.3 Å². The lowest BCUT2D eigenvalue weighted by atomic mass is 10.2. The van der Waals surface area contributed by atoms with Gasteiger partial charge in [0.15, 0.2) is 5.69 Å². The van der Waals surface area contributed by atoms with Crippen molar-refractivity contribution in [2.24, 2.45) is 0 Å². The average molecular weight is 239 g/mol. The lowest BCUT2D eigenvalue weighted by Crippen LogP contribution is -2.05. The molecule has 2 heterocycles. The highest BCUT2D eigenvalue weighted by molar-refractivity contribution is 7.13. The molecule has 0 atom stereocenters. The molecule has 0 saturated heterocycles. The van der Waals surface area contributed by atoms with Crippen molar-refractivity contribution in [3.05, 3.63) is 16.4 Å². The summed E-state index contributed by atoms with van der Waals surface area (Å²) in [7, 11) is 0. The lowest BCUT2D eigenvalue weighted by Gasteiger charge is -1.98. The minimum atomic E-state index is -1.08. The molecule has 2 aromatic rings. The minimum Gasteiger partial charge on any atom is -0.476 e. The van der Waals surface area contributed by atoms with Gasteiger partial charge in [-0.25, -0.2) is 4.79 Å². The molecule has 0 aromatic carbocycles. The Kier molecular flexibility index (Phi) is 2.65. The van der Waals surface area contributed by atoms with Crippen molar-refractivity contribution in [1.82, 2.24) is 25.2 Å². The number of aromatic nitrogens is 5. The third-order valence-corrected chi connectivity index (χ3v) is 2.81. The largest absolute Gasteiger partial charge is 0.476 e. The van der Waals surface area contributed by atoms with E-state index < -0.39 is 5.97 Å². The van der Waals surface area contributed by atoms with Crippen molar-refractivity contribution in [1.29, 1.82) is 0 Å². The molecule has 0 radical (unpaired) electrons. The van der Waals surface area contributed by atoms with Crippen LogP contribution in [0.5, 0.6) is 0 Å². The molecule has 1 N–H and O–H groups in total. The van der Waals surface area contributed by atoms with Gasteiger partial charge in [-0.2, -0.15) is 4.68 Å². The molecular formula is C8H9N5O2S. The number of rotatable bonds is 3. The Morgan fingerprint density at radius 1 is 1.44 bits per heavy atom. The van der Waals surface area contributed by atoms with Gasteiger partial charge in [0.05, 0.1) is 5.69 Å². The van der Waals surface area contributed by atoms with Gasteiger partial charge in [0.25, 0.3) is 0 Å². The predicted molar refractivity (Wildman–Crippen MR) is 55.9 cm³/mol. The van der Waals surface area contributed by atoms with Crippen molar-refractivity contribution < 1.29 is 9.90 Å². The van der Waals surface area contributed by atoms with E-state index in [1.54, 1.807) is 0 Å². The van der Waals surface area contributed by atoms with Crippen LogP contribution in [0.3, 0.4) is 0 Å². The quantitative estimate of drug-likeness (QED) is 0.846. The van der Waals surface area contributed by atoms with Crippen molar-refractivity contribution in [3.8, 4) is 5.13 Å². The maximum Gasteiger partial charge on any atom is 0.358 e. The van der Waals surface area contributed by atoms with Crippen LogP contribution in [0, 0.1) is 6.92 Å². The molecule has 0 aliphatic rings. The van der Waals surface area contributed by atoms with E-state index in [4.69, 9.17) is 5.11 Å². The first kappa shape index (κ1) is 10.7. The number of hydrogen-bond acceptors (Lipinski definition) is 6. The molecule has 0 saturated carbocycles. The summed E-state index contributed by atoms with van der Waals surface area (Å²) in [5, 5.41) is 25.4. The molecule has 84 valence electrons. The smallest absolute Gasteiger partial charge is 0.358 e. The van der Waals surface area contributed by atoms with Gasteiger partial charge in [0, 0.05) is 0 Å². The van der Waals surface area contributed by atoms with Crippen LogP contribution < -0.4 is 0 Å². The summed E-state index contributed by atoms with van der Waals surface area (Å²) in [6.07, 6.45) is 0.521. The maximum atomic E-state index is 10.9. The van der Waals surface area contributed by atoms with E-state index in [-0.39, 0.29) is 5.69 Å². The Labute approximate surface area is 94.7 Å². The molecule has 7 nitrogen and oxygen atoms in total. The van der Waals surface area contributed by atoms with E-state index >= 15 is 0 Å². The second-order valence-electron chi connectivity index (χ2n) is 3.06. The van der Waals surface area contributed by atoms with E-state index in [0.717, 1.165) is 5.01 Å². The standard InChI is InChI=1S/C8H9N5O2S/c1-3-5-6(7(14)15)10-12-13(5)8-11-9-4(2)16-8/h3H2,1-2H3,(H,14,15). The molecule has 0 unspecified atom stereocenters. The van der Waals surface area contributed by atoms with Crippen molar-refractivity contribution in [3.63, 3.8) is 0 Å². The molecular weight excluding hydrogens is 230 g/mol. The van der Waals surface area contributed by atoms with Gasteiger partial charge in [-0.15, -0.1) is 15.3 Å². The van der Waals surface area contributed by atoms with Crippen LogP contribution in [0.1, 0.15) is 28.1 Å². The van der Waals surface area contributed by atoms with E-state index in [2.05, 4.69) is 20.5 Å². The number of hydrogen-bond donors (Lipinski definition) is 1. The Morgan fingerprint density at radius 2 is 2.19 bits per heavy atom. The number of carbonyl (C=O) groups is 1. The van der Waals surface area contributed by atoms with Crippen LogP contribution >= 0.6 is 11.3 Å². The van der Waals surface area contributed by atoms with Crippen LogP contribution in [0.2, 0.25) is 0 Å². The molecule has 8 heteroatoms. The fraction of sp³-hybridized carbons (Fsp3) is 0.375. The Morgan fingerprint density at radius 3 is 2.69 bits per heavy atom. The number of nitrogens with zero attached hydrogens (tertiary/aromatic N) is 5. The summed E-state index contributed by atoms with van der Waals surface area (Å²) >= 11 is 1.34. The van der Waals surface area contributed by atoms with Gasteiger partial charge in [-0.3, -0.25) is 0 Å². The Balaban J connectivity index is 2.53. The number of carboxylic acid groups (broad SMARTS) is 1. The summed E-state index contributed by atoms with van der Waals surface area (Å²) in [6, 6.07) is 0. The molecule has 0 aliphatic heterocycles. The summed E-state index contributed by atoms with van der Waals surface area (Å²) in [4.78, 5) is 10.9. The van der Waals surface area contributed by atoms with Crippen LogP contribution in [-0.4, -0.2) is 36.3 Å². The third kappa shape index (κ3) is 1.67. The molecule has 0 spiro atoms. The first-order valence-electron chi connectivity index (χ1n) is 4.61. The molecule has 16 heavy (non-hydrogen) atoms. The van der Waals surface area contributed by atoms with E-state index in [0.29, 0.717) is 17.2 Å². The van der Waals surface area contributed by atoms with Crippen molar-refractivity contribution in [2.45, 2.75) is 20.3 Å². The molecule has 0 amide bonds. The van der Waals surface area contributed by atoms with Gasteiger partial charge in [0.2, 0.25) is 5.13 Å². The first-order valence-corrected chi connectivity index (χ1v) is 5.43. The molecule has 2 rings (SSSR count). The van der Waals surface area contributed by atoms with Gasteiger partial charge in [0.1, 0.15) is 5.01 Å². The zero-order chi connectivity index (χ0) is 11.7. The van der Waals surface area contributed by atoms with Crippen LogP contribution in [0.4, 0.5) is 0 Å². The zero-order valence-corrected chi connectivity index (χ0v) is 9.52. The predicted octanol–water partition coefficient (Wildman–Crippen LogP) is 0.688. The number of carboxylic acids is 1. The van der Waals surface area contributed by atoms with Crippen LogP contribution in [0.15, 0.2) is 0 Å². The summed E-state index contributed by atoms with van der Waals surface area (Å²) in [5.74, 6) is -1.08. The highest BCUT2D eigenvalue weighted by atomic mass is 32.1. The monoisotopic (exact) mass is 239 g/mol. The fourth-order valence-corrected chi connectivity index (χ4v) is 1.97. The van der Waals surface area contributed by atoms with E-state index in [9.17, 15) is 4.79 Å². The fourth-order valence-electron chi connectivity index (χ4n) is 1.31. The Bertz CT molecular complexity index is 532. The second kappa shape index (κ2) is 3.97. The summed E-state index contributed by atoms with van der Waals surface area (Å²) < 4.78 is 1.42. The first-order chi connectivity index (χ1) is 7.63. The van der Waals surface area contributed by atoms with Crippen LogP contribution in [0.25, 0.3) is 5.13 Å². The molecule has 0 aliphatic carbocycles. The molecule has 2 aromatic heterocycles. The van der Waals surface area contributed by atoms with Crippen molar-refractivity contribution in [2.75, 3.05) is 0 Å². The highest BCUT2D eigenvalue weighted by Crippen LogP contribution is 2.17. The Hall–Kier alpha value is -1.83. The normalized spacial score (nSPS) is 10.6. The number of aromatic carboxylic acids is 1. The number of aryl methyl sites for hydroxylation is 1. The maximum absolute atomic E-state index is 10.9. The topological polar surface area (TPSA) is 93.8 Å². The summed E-state index contributed by atoms with van der Waals surface area (Å²) in [6.45, 7) is 3.66. The highest BCUT2D eigenvalue weighted by Gasteiger charge is 2.19. The van der Waals surface area contributed by atoms with Gasteiger partial charge in [-0.1, -0.05) is 23.5 Å². The SMILES string of the molecule is CCc1c(C(=O)O)nnn1-c1nnc(C)s1. The van der Waals surface area contributed by atoms with E-state index in [1.807, 2.05) is 13.8 Å². The van der Waals surface area contributed by atoms with E-state index in [1.165, 1.54) is 16.0 Å². The minimum absolute atomic E-state index is 0.0321. The van der Waals surface area contributed by atoms with Gasteiger partial charge < -0.3 is 5.11 Å². The molecule has 0 bridgehead atoms. The second-order valence-corrected chi connectivity index (χ2v) is 4.22. The van der Waals surface area contributed by atoms with Gasteiger partial charge >= 0.3 is 5.97 Å². The third-order valence-electron chi connectivity index (χ3n) is 2.00. The van der Waals surface area contributed by atoms with Crippen LogP contribution in [-0.2, 0) is 6.42 Å². The lowest BCUT2D eigenvalue weighted by molar-refractivity contribution is 0.0689.